The molecule has 5 nitrogen and oxygen atoms in total. The van der Waals surface area contributed by atoms with Gasteiger partial charge in [0.05, 0.1) is 33.0 Å². The van der Waals surface area contributed by atoms with Gasteiger partial charge in [-0.15, -0.1) is 0 Å². The summed E-state index contributed by atoms with van der Waals surface area (Å²) in [5.74, 6) is 0. The summed E-state index contributed by atoms with van der Waals surface area (Å²) in [6.07, 6.45) is -0.242. The molecule has 1 amide bonds. The van der Waals surface area contributed by atoms with Crippen LogP contribution in [0.5, 0.6) is 0 Å². The van der Waals surface area contributed by atoms with Crippen LogP contribution in [0.1, 0.15) is 0 Å². The number of halogens is 1. The second-order valence-corrected chi connectivity index (χ2v) is 3.81. The summed E-state index contributed by atoms with van der Waals surface area (Å²) in [6.45, 7) is 4.15. The Bertz CT molecular complexity index is 191. The molecular weight excluding hydrogens is 266 g/mol. The van der Waals surface area contributed by atoms with E-state index in [4.69, 9.17) is 14.2 Å². The Morgan fingerprint density at radius 2 is 2.00 bits per heavy atom. The lowest BCUT2D eigenvalue weighted by atomic mass is 10.5. The molecule has 1 heterocycles. The Kier molecular flexibility index (Phi) is 6.71. The molecule has 0 aromatic rings. The van der Waals surface area contributed by atoms with E-state index in [0.717, 1.165) is 5.33 Å². The van der Waals surface area contributed by atoms with Crippen molar-refractivity contribution in [3.05, 3.63) is 0 Å². The van der Waals surface area contributed by atoms with Crippen LogP contribution in [0, 0.1) is 0 Å². The second kappa shape index (κ2) is 7.90. The molecule has 0 bridgehead atoms. The lowest BCUT2D eigenvalue weighted by molar-refractivity contribution is 0.0479. The fraction of sp³-hybridized carbons (Fsp3) is 0.889. The summed E-state index contributed by atoms with van der Waals surface area (Å²) in [4.78, 5) is 12.6. The van der Waals surface area contributed by atoms with E-state index in [-0.39, 0.29) is 6.09 Å². The number of cyclic esters (lactones) is 1. The third kappa shape index (κ3) is 5.34. The molecule has 0 unspecified atom stereocenters. The summed E-state index contributed by atoms with van der Waals surface area (Å²) in [7, 11) is 0. The van der Waals surface area contributed by atoms with Gasteiger partial charge >= 0.3 is 6.09 Å². The van der Waals surface area contributed by atoms with Crippen LogP contribution >= 0.6 is 15.9 Å². The minimum atomic E-state index is -0.242. The van der Waals surface area contributed by atoms with Crippen molar-refractivity contribution < 1.29 is 19.0 Å². The molecule has 1 fully saturated rings. The molecule has 0 spiro atoms. The SMILES string of the molecule is O=C1OCCN1CCOCCOCCBr. The van der Waals surface area contributed by atoms with Gasteiger partial charge in [-0.1, -0.05) is 15.9 Å². The lowest BCUT2D eigenvalue weighted by Gasteiger charge is -2.12. The Balaban J connectivity index is 1.86. The van der Waals surface area contributed by atoms with E-state index in [1.165, 1.54) is 0 Å². The van der Waals surface area contributed by atoms with Gasteiger partial charge < -0.3 is 19.1 Å². The molecule has 88 valence electrons. The van der Waals surface area contributed by atoms with Crippen molar-refractivity contribution in [2.45, 2.75) is 0 Å². The normalized spacial score (nSPS) is 15.8. The van der Waals surface area contributed by atoms with Crippen LogP contribution in [0.3, 0.4) is 0 Å². The van der Waals surface area contributed by atoms with Crippen LogP contribution in [0.15, 0.2) is 0 Å². The first-order valence-corrected chi connectivity index (χ1v) is 6.10. The van der Waals surface area contributed by atoms with Crippen molar-refractivity contribution in [2.24, 2.45) is 0 Å². The Hall–Kier alpha value is -0.330. The van der Waals surface area contributed by atoms with Crippen molar-refractivity contribution in [2.75, 3.05) is 51.5 Å². The number of alkyl halides is 1. The van der Waals surface area contributed by atoms with Gasteiger partial charge in [0.2, 0.25) is 0 Å². The van der Waals surface area contributed by atoms with E-state index in [1.807, 2.05) is 0 Å². The maximum atomic E-state index is 11.0. The van der Waals surface area contributed by atoms with E-state index < -0.39 is 0 Å². The Labute approximate surface area is 97.8 Å². The third-order valence-corrected chi connectivity index (χ3v) is 2.27. The van der Waals surface area contributed by atoms with Gasteiger partial charge in [0, 0.05) is 11.9 Å². The summed E-state index contributed by atoms with van der Waals surface area (Å²) in [5.41, 5.74) is 0. The molecule has 15 heavy (non-hydrogen) atoms. The quantitative estimate of drug-likeness (QED) is 0.489. The van der Waals surface area contributed by atoms with Crippen LogP contribution < -0.4 is 0 Å². The van der Waals surface area contributed by atoms with Crippen LogP contribution in [-0.2, 0) is 14.2 Å². The standard InChI is InChI=1S/C9H16BrNO4/c10-1-4-13-7-8-14-5-2-11-3-6-15-9(11)12/h1-8H2. The van der Waals surface area contributed by atoms with E-state index in [9.17, 15) is 4.79 Å². The minimum Gasteiger partial charge on any atom is -0.448 e. The van der Waals surface area contributed by atoms with E-state index >= 15 is 0 Å². The molecule has 1 saturated heterocycles. The molecule has 0 radical (unpaired) electrons. The van der Waals surface area contributed by atoms with Crippen molar-refractivity contribution in [1.29, 1.82) is 0 Å². The van der Waals surface area contributed by atoms with Crippen LogP contribution in [-0.4, -0.2) is 62.4 Å². The number of ether oxygens (including phenoxy) is 3. The van der Waals surface area contributed by atoms with Gasteiger partial charge in [0.25, 0.3) is 0 Å². The largest absolute Gasteiger partial charge is 0.448 e. The maximum Gasteiger partial charge on any atom is 0.410 e. The number of nitrogens with zero attached hydrogens (tertiary/aromatic N) is 1. The number of carbonyl (C=O) groups is 1. The summed E-state index contributed by atoms with van der Waals surface area (Å²) in [6, 6.07) is 0. The molecule has 0 aliphatic carbocycles. The highest BCUT2D eigenvalue weighted by Gasteiger charge is 2.20. The third-order valence-electron chi connectivity index (χ3n) is 1.94. The average Bonchev–Trinajstić information content (AvgIpc) is 2.63. The number of hydrogen-bond donors (Lipinski definition) is 0. The van der Waals surface area contributed by atoms with Gasteiger partial charge in [-0.25, -0.2) is 4.79 Å². The van der Waals surface area contributed by atoms with Crippen LogP contribution in [0.4, 0.5) is 4.79 Å². The van der Waals surface area contributed by atoms with Crippen molar-refractivity contribution in [1.82, 2.24) is 4.90 Å². The molecule has 0 aromatic heterocycles. The molecule has 1 rings (SSSR count). The van der Waals surface area contributed by atoms with Gasteiger partial charge in [0.1, 0.15) is 6.61 Å². The molecule has 0 N–H and O–H groups in total. The molecule has 0 saturated carbocycles. The predicted octanol–water partition coefficient (Wildman–Crippen LogP) is 0.867. The van der Waals surface area contributed by atoms with Crippen LogP contribution in [0.2, 0.25) is 0 Å². The summed E-state index contributed by atoms with van der Waals surface area (Å²) < 4.78 is 15.3. The molecule has 0 atom stereocenters. The van der Waals surface area contributed by atoms with E-state index in [2.05, 4.69) is 15.9 Å². The average molecular weight is 282 g/mol. The van der Waals surface area contributed by atoms with E-state index in [0.29, 0.717) is 46.1 Å². The monoisotopic (exact) mass is 281 g/mol. The van der Waals surface area contributed by atoms with Gasteiger partial charge in [-0.05, 0) is 0 Å². The first kappa shape index (κ1) is 12.7. The first-order valence-electron chi connectivity index (χ1n) is 4.97. The number of amides is 1. The smallest absolute Gasteiger partial charge is 0.410 e. The summed E-state index contributed by atoms with van der Waals surface area (Å²) in [5, 5.41) is 0.840. The number of carbonyl (C=O) groups excluding carboxylic acids is 1. The second-order valence-electron chi connectivity index (χ2n) is 3.02. The molecular formula is C9H16BrNO4. The number of hydrogen-bond acceptors (Lipinski definition) is 4. The lowest BCUT2D eigenvalue weighted by Crippen LogP contribution is -2.28. The van der Waals surface area contributed by atoms with Gasteiger partial charge in [0.15, 0.2) is 0 Å². The minimum absolute atomic E-state index is 0.242. The zero-order valence-electron chi connectivity index (χ0n) is 8.62. The van der Waals surface area contributed by atoms with E-state index in [1.54, 1.807) is 4.90 Å². The Morgan fingerprint density at radius 3 is 2.60 bits per heavy atom. The fourth-order valence-electron chi connectivity index (χ4n) is 1.18. The fourth-order valence-corrected chi connectivity index (χ4v) is 1.41. The highest BCUT2D eigenvalue weighted by molar-refractivity contribution is 9.09. The van der Waals surface area contributed by atoms with Gasteiger partial charge in [-0.3, -0.25) is 0 Å². The Morgan fingerprint density at radius 1 is 1.27 bits per heavy atom. The first-order chi connectivity index (χ1) is 7.34. The maximum absolute atomic E-state index is 11.0. The topological polar surface area (TPSA) is 48.0 Å². The van der Waals surface area contributed by atoms with Crippen LogP contribution in [0.25, 0.3) is 0 Å². The predicted molar refractivity (Wildman–Crippen MR) is 58.4 cm³/mol. The molecule has 1 aliphatic heterocycles. The molecule has 6 heteroatoms. The van der Waals surface area contributed by atoms with Crippen molar-refractivity contribution in [3.63, 3.8) is 0 Å². The highest BCUT2D eigenvalue weighted by Crippen LogP contribution is 2.01. The molecule has 1 aliphatic rings. The highest BCUT2D eigenvalue weighted by atomic mass is 79.9. The van der Waals surface area contributed by atoms with Crippen molar-refractivity contribution in [3.8, 4) is 0 Å². The summed E-state index contributed by atoms with van der Waals surface area (Å²) >= 11 is 3.26. The van der Waals surface area contributed by atoms with Crippen molar-refractivity contribution >= 4 is 22.0 Å². The zero-order chi connectivity index (χ0) is 10.9. The number of rotatable bonds is 8. The molecule has 0 aromatic carbocycles. The zero-order valence-corrected chi connectivity index (χ0v) is 10.2. The van der Waals surface area contributed by atoms with Gasteiger partial charge in [-0.2, -0.15) is 0 Å².